The zero-order chi connectivity index (χ0) is 17.7. The number of hydrogen-bond acceptors (Lipinski definition) is 4. The van der Waals surface area contributed by atoms with E-state index in [0.717, 1.165) is 6.07 Å². The minimum absolute atomic E-state index is 0.00970. The maximum atomic E-state index is 14.8. The monoisotopic (exact) mass is 357 g/mol. The van der Waals surface area contributed by atoms with Crippen LogP contribution in [0.4, 0.5) is 4.39 Å². The molecule has 126 valence electrons. The molecule has 0 fully saturated rings. The summed E-state index contributed by atoms with van der Waals surface area (Å²) >= 11 is 1.27. The average molecular weight is 357 g/mol. The lowest BCUT2D eigenvalue weighted by molar-refractivity contribution is 0.0689. The first-order valence-corrected chi connectivity index (χ1v) is 8.41. The van der Waals surface area contributed by atoms with Crippen molar-refractivity contribution < 1.29 is 19.0 Å². The van der Waals surface area contributed by atoms with Gasteiger partial charge in [-0.2, -0.15) is 0 Å². The van der Waals surface area contributed by atoms with Crippen LogP contribution in [0.5, 0.6) is 5.75 Å². The van der Waals surface area contributed by atoms with Crippen molar-refractivity contribution in [3.63, 3.8) is 0 Å². The van der Waals surface area contributed by atoms with Crippen molar-refractivity contribution in [3.05, 3.63) is 58.0 Å². The van der Waals surface area contributed by atoms with Gasteiger partial charge in [0.25, 0.3) is 0 Å². The summed E-state index contributed by atoms with van der Waals surface area (Å²) in [4.78, 5) is 24.1. The lowest BCUT2D eigenvalue weighted by atomic mass is 10.00. The van der Waals surface area contributed by atoms with Gasteiger partial charge >= 0.3 is 5.97 Å². The summed E-state index contributed by atoms with van der Waals surface area (Å²) in [6, 6.07) is 10.00. The highest BCUT2D eigenvalue weighted by atomic mass is 32.2. The van der Waals surface area contributed by atoms with Crippen LogP contribution in [0.3, 0.4) is 0 Å². The average Bonchev–Trinajstić information content (AvgIpc) is 2.58. The molecule has 0 radical (unpaired) electrons. The lowest BCUT2D eigenvalue weighted by Gasteiger charge is -2.27. The molecule has 0 bridgehead atoms. The Morgan fingerprint density at radius 2 is 2.04 bits per heavy atom. The van der Waals surface area contributed by atoms with E-state index in [-0.39, 0.29) is 22.3 Å². The first-order chi connectivity index (χ1) is 12.0. The highest BCUT2D eigenvalue weighted by Gasteiger charge is 2.31. The number of carboxylic acid groups (broad SMARTS) is 1. The number of methoxy groups -OCH3 is 1. The second-order valence-electron chi connectivity index (χ2n) is 5.54. The second kappa shape index (κ2) is 5.63. The molecular formula is C18H12FNO4S. The summed E-state index contributed by atoms with van der Waals surface area (Å²) in [5.41, 5.74) is 0.279. The molecular weight excluding hydrogens is 345 g/mol. The van der Waals surface area contributed by atoms with Crippen LogP contribution in [-0.2, 0) is 5.88 Å². The van der Waals surface area contributed by atoms with Gasteiger partial charge < -0.3 is 14.4 Å². The Bertz CT molecular complexity index is 1090. The molecule has 1 aromatic heterocycles. The van der Waals surface area contributed by atoms with E-state index in [9.17, 15) is 19.1 Å². The number of benzene rings is 2. The van der Waals surface area contributed by atoms with Gasteiger partial charge in [0.2, 0.25) is 5.43 Å². The molecule has 4 rings (SSSR count). The maximum Gasteiger partial charge on any atom is 0.342 e. The summed E-state index contributed by atoms with van der Waals surface area (Å²) in [7, 11) is 1.41. The Morgan fingerprint density at radius 1 is 1.32 bits per heavy atom. The van der Waals surface area contributed by atoms with Crippen molar-refractivity contribution in [3.8, 4) is 16.9 Å². The van der Waals surface area contributed by atoms with Crippen LogP contribution in [-0.4, -0.2) is 22.8 Å². The molecule has 2 aromatic carbocycles. The second-order valence-corrected chi connectivity index (χ2v) is 6.48. The van der Waals surface area contributed by atoms with Crippen LogP contribution in [0.25, 0.3) is 22.0 Å². The number of halogens is 1. The predicted molar refractivity (Wildman–Crippen MR) is 93.0 cm³/mol. The van der Waals surface area contributed by atoms with E-state index < -0.39 is 17.2 Å². The van der Waals surface area contributed by atoms with E-state index in [1.54, 1.807) is 28.8 Å². The van der Waals surface area contributed by atoms with Gasteiger partial charge in [-0.05, 0) is 11.6 Å². The number of ether oxygens (including phenoxy) is 1. The molecule has 1 aliphatic rings. The number of carbonyl (C=O) groups is 1. The van der Waals surface area contributed by atoms with Crippen molar-refractivity contribution >= 4 is 28.6 Å². The van der Waals surface area contributed by atoms with E-state index in [1.807, 2.05) is 6.07 Å². The molecule has 0 saturated heterocycles. The minimum Gasteiger partial charge on any atom is -0.494 e. The molecule has 7 heteroatoms. The van der Waals surface area contributed by atoms with E-state index in [0.29, 0.717) is 22.0 Å². The van der Waals surface area contributed by atoms with Gasteiger partial charge in [-0.25, -0.2) is 9.18 Å². The molecule has 1 N–H and O–H groups in total. The van der Waals surface area contributed by atoms with Gasteiger partial charge in [0.1, 0.15) is 11.4 Å². The fourth-order valence-electron chi connectivity index (χ4n) is 3.12. The van der Waals surface area contributed by atoms with Gasteiger partial charge in [-0.1, -0.05) is 42.1 Å². The summed E-state index contributed by atoms with van der Waals surface area (Å²) in [6.07, 6.45) is 0. The molecule has 25 heavy (non-hydrogen) atoms. The Morgan fingerprint density at radius 3 is 2.60 bits per heavy atom. The highest BCUT2D eigenvalue weighted by molar-refractivity contribution is 7.99. The van der Waals surface area contributed by atoms with Gasteiger partial charge in [0.15, 0.2) is 5.75 Å². The fourth-order valence-corrected chi connectivity index (χ4v) is 4.05. The molecule has 3 aromatic rings. The predicted octanol–water partition coefficient (Wildman–Crippen LogP) is 3.58. The topological polar surface area (TPSA) is 68.5 Å². The highest BCUT2D eigenvalue weighted by Crippen LogP contribution is 2.44. The largest absolute Gasteiger partial charge is 0.494 e. The summed E-state index contributed by atoms with van der Waals surface area (Å²) in [5.74, 6) is -1.23. The first kappa shape index (κ1) is 15.7. The Hall–Kier alpha value is -2.80. The van der Waals surface area contributed by atoms with Gasteiger partial charge in [-0.3, -0.25) is 4.79 Å². The van der Waals surface area contributed by atoms with Crippen molar-refractivity contribution in [2.24, 2.45) is 0 Å². The molecule has 0 amide bonds. The summed E-state index contributed by atoms with van der Waals surface area (Å²) in [5, 5.41) is 9.72. The molecule has 0 atom stereocenters. The maximum absolute atomic E-state index is 14.8. The van der Waals surface area contributed by atoms with Crippen LogP contribution >= 0.6 is 11.8 Å². The number of fused-ring (bicyclic) bond motifs is 3. The van der Waals surface area contributed by atoms with E-state index in [4.69, 9.17) is 4.74 Å². The number of thioether (sulfide) groups is 1. The molecule has 5 nitrogen and oxygen atoms in total. The zero-order valence-electron chi connectivity index (χ0n) is 13.1. The number of nitrogens with zero attached hydrogens (tertiary/aromatic N) is 1. The number of hydrogen-bond donors (Lipinski definition) is 1. The van der Waals surface area contributed by atoms with Crippen LogP contribution < -0.4 is 10.2 Å². The van der Waals surface area contributed by atoms with Crippen molar-refractivity contribution in [2.75, 3.05) is 7.11 Å². The van der Waals surface area contributed by atoms with Gasteiger partial charge in [0.05, 0.1) is 34.5 Å². The van der Waals surface area contributed by atoms with Crippen molar-refractivity contribution in [2.45, 2.75) is 10.9 Å². The Kier molecular flexibility index (Phi) is 3.54. The number of aromatic carboxylic acids is 1. The molecule has 0 saturated carbocycles. The first-order valence-electron chi connectivity index (χ1n) is 7.43. The number of rotatable bonds is 3. The number of pyridine rings is 1. The van der Waals surface area contributed by atoms with Gasteiger partial charge in [0, 0.05) is 0 Å². The third-order valence-corrected chi connectivity index (χ3v) is 5.30. The molecule has 2 heterocycles. The quantitative estimate of drug-likeness (QED) is 0.776. The van der Waals surface area contributed by atoms with E-state index in [2.05, 4.69) is 0 Å². The summed E-state index contributed by atoms with van der Waals surface area (Å²) in [6.45, 7) is 0. The van der Waals surface area contributed by atoms with Crippen LogP contribution in [0, 0.1) is 5.82 Å². The fraction of sp³-hybridized carbons (Fsp3) is 0.111. The Labute approximate surface area is 145 Å². The van der Waals surface area contributed by atoms with Crippen LogP contribution in [0.2, 0.25) is 0 Å². The number of carboxylic acids is 1. The molecule has 0 unspecified atom stereocenters. The summed E-state index contributed by atoms with van der Waals surface area (Å²) < 4.78 is 22.0. The van der Waals surface area contributed by atoms with Crippen molar-refractivity contribution in [1.82, 2.24) is 4.57 Å². The standard InChI is InChI=1S/C18H12FNO4S/c1-24-16-12(9-5-3-2-4-6-9)11(19)7-10-14(16)20-8-25-17(20)13(15(10)21)18(22)23/h2-7H,8H2,1H3,(H,22,23). The molecule has 0 spiro atoms. The van der Waals surface area contributed by atoms with Crippen molar-refractivity contribution in [1.29, 1.82) is 0 Å². The third kappa shape index (κ3) is 2.16. The number of aromatic nitrogens is 1. The smallest absolute Gasteiger partial charge is 0.342 e. The zero-order valence-corrected chi connectivity index (χ0v) is 13.9. The molecule has 0 aliphatic carbocycles. The lowest BCUT2D eigenvalue weighted by Crippen LogP contribution is -2.26. The SMILES string of the molecule is COc1c(-c2ccccc2)c(F)cc2c(=O)c(C(=O)O)c3n(c12)CS3. The normalized spacial score (nSPS) is 12.6. The Balaban J connectivity index is 2.19. The minimum atomic E-state index is -1.31. The van der Waals surface area contributed by atoms with E-state index >= 15 is 0 Å². The van der Waals surface area contributed by atoms with E-state index in [1.165, 1.54) is 18.9 Å². The van der Waals surface area contributed by atoms with Crippen LogP contribution in [0.1, 0.15) is 10.4 Å². The van der Waals surface area contributed by atoms with Crippen LogP contribution in [0.15, 0.2) is 46.2 Å². The molecule has 1 aliphatic heterocycles. The third-order valence-electron chi connectivity index (χ3n) is 4.22. The van der Waals surface area contributed by atoms with Gasteiger partial charge in [-0.15, -0.1) is 0 Å².